The van der Waals surface area contributed by atoms with Crippen molar-refractivity contribution in [1.29, 1.82) is 0 Å². The van der Waals surface area contributed by atoms with Crippen molar-refractivity contribution >= 4 is 11.4 Å². The highest BCUT2D eigenvalue weighted by Gasteiger charge is 2.21. The third-order valence-corrected chi connectivity index (χ3v) is 2.87. The molecule has 1 N–H and O–H groups in total. The second-order valence-electron chi connectivity index (χ2n) is 4.65. The van der Waals surface area contributed by atoms with Gasteiger partial charge in [0.25, 0.3) is 5.69 Å². The van der Waals surface area contributed by atoms with Crippen molar-refractivity contribution in [2.45, 2.75) is 26.2 Å². The lowest BCUT2D eigenvalue weighted by molar-refractivity contribution is -0.384. The summed E-state index contributed by atoms with van der Waals surface area (Å²) >= 11 is 0. The predicted octanol–water partition coefficient (Wildman–Crippen LogP) is 3.21. The Balaban J connectivity index is 2.09. The molecule has 0 bridgehead atoms. The number of nitrogens with one attached hydrogen (secondary N) is 1. The molecule has 0 saturated heterocycles. The highest BCUT2D eigenvalue weighted by molar-refractivity contribution is 5.56. The summed E-state index contributed by atoms with van der Waals surface area (Å²) in [5.41, 5.74) is 0.837. The van der Waals surface area contributed by atoms with Crippen LogP contribution in [0.4, 0.5) is 11.4 Å². The maximum atomic E-state index is 10.9. The molecule has 18 heavy (non-hydrogen) atoms. The monoisotopic (exact) mass is 250 g/mol. The van der Waals surface area contributed by atoms with E-state index in [1.165, 1.54) is 18.9 Å². The van der Waals surface area contributed by atoms with Gasteiger partial charge in [-0.15, -0.1) is 0 Å². The van der Waals surface area contributed by atoms with Gasteiger partial charge in [0.2, 0.25) is 0 Å². The van der Waals surface area contributed by atoms with Crippen molar-refractivity contribution in [2.24, 2.45) is 5.92 Å². The lowest BCUT2D eigenvalue weighted by atomic mass is 10.2. The number of benzene rings is 1. The summed E-state index contributed by atoms with van der Waals surface area (Å²) in [6.45, 7) is 3.46. The third kappa shape index (κ3) is 3.61. The quantitative estimate of drug-likeness (QED) is 0.596. The summed E-state index contributed by atoms with van der Waals surface area (Å²) in [6.07, 6.45) is 3.38. The van der Waals surface area contributed by atoms with Gasteiger partial charge in [-0.05, 0) is 25.2 Å². The molecule has 0 spiro atoms. The summed E-state index contributed by atoms with van der Waals surface area (Å²) < 4.78 is 5.46. The van der Waals surface area contributed by atoms with Gasteiger partial charge in [-0.1, -0.05) is 6.92 Å². The molecular weight excluding hydrogens is 232 g/mol. The van der Waals surface area contributed by atoms with Crippen molar-refractivity contribution in [3.63, 3.8) is 0 Å². The van der Waals surface area contributed by atoms with Crippen LogP contribution in [0.15, 0.2) is 18.2 Å². The number of nitro groups is 1. The SMILES string of the molecule is CCCOc1cc(NCC2CC2)cc([N+](=O)[O-])c1. The van der Waals surface area contributed by atoms with E-state index in [4.69, 9.17) is 4.74 Å². The zero-order chi connectivity index (χ0) is 13.0. The molecule has 0 unspecified atom stereocenters. The lowest BCUT2D eigenvalue weighted by Crippen LogP contribution is -2.04. The van der Waals surface area contributed by atoms with Gasteiger partial charge < -0.3 is 10.1 Å². The number of nitrogens with zero attached hydrogens (tertiary/aromatic N) is 1. The van der Waals surface area contributed by atoms with E-state index in [2.05, 4.69) is 5.32 Å². The van der Waals surface area contributed by atoms with Crippen molar-refractivity contribution in [3.05, 3.63) is 28.3 Å². The molecule has 1 aromatic carbocycles. The summed E-state index contributed by atoms with van der Waals surface area (Å²) in [5.74, 6) is 1.29. The van der Waals surface area contributed by atoms with Crippen LogP contribution in [0.3, 0.4) is 0 Å². The van der Waals surface area contributed by atoms with E-state index in [1.54, 1.807) is 6.07 Å². The van der Waals surface area contributed by atoms with Crippen molar-refractivity contribution in [3.8, 4) is 5.75 Å². The Kier molecular flexibility index (Phi) is 4.02. The first kappa shape index (κ1) is 12.7. The number of ether oxygens (including phenoxy) is 1. The average molecular weight is 250 g/mol. The van der Waals surface area contributed by atoms with Crippen LogP contribution in [0, 0.1) is 16.0 Å². The minimum atomic E-state index is -0.388. The molecule has 0 amide bonds. The van der Waals surface area contributed by atoms with Gasteiger partial charge in [-0.3, -0.25) is 10.1 Å². The first-order valence-corrected chi connectivity index (χ1v) is 6.35. The fourth-order valence-electron chi connectivity index (χ4n) is 1.68. The second kappa shape index (κ2) is 5.71. The zero-order valence-corrected chi connectivity index (χ0v) is 10.5. The molecule has 0 heterocycles. The molecule has 0 aromatic heterocycles. The van der Waals surface area contributed by atoms with Crippen LogP contribution in [0.1, 0.15) is 26.2 Å². The lowest BCUT2D eigenvalue weighted by Gasteiger charge is -2.09. The number of hydrogen-bond donors (Lipinski definition) is 1. The van der Waals surface area contributed by atoms with Crippen molar-refractivity contribution < 1.29 is 9.66 Å². The average Bonchev–Trinajstić information content (AvgIpc) is 3.17. The largest absolute Gasteiger partial charge is 0.493 e. The molecular formula is C13H18N2O3. The van der Waals surface area contributed by atoms with Gasteiger partial charge >= 0.3 is 0 Å². The van der Waals surface area contributed by atoms with E-state index in [1.807, 2.05) is 13.0 Å². The number of rotatable bonds is 7. The Morgan fingerprint density at radius 3 is 2.83 bits per heavy atom. The van der Waals surface area contributed by atoms with Gasteiger partial charge in [0.1, 0.15) is 5.75 Å². The van der Waals surface area contributed by atoms with E-state index in [-0.39, 0.29) is 10.6 Å². The normalized spacial score (nSPS) is 14.3. The first-order chi connectivity index (χ1) is 8.69. The van der Waals surface area contributed by atoms with Crippen LogP contribution in [-0.2, 0) is 0 Å². The van der Waals surface area contributed by atoms with Gasteiger partial charge in [-0.25, -0.2) is 0 Å². The molecule has 1 fully saturated rings. The summed E-state index contributed by atoms with van der Waals surface area (Å²) in [7, 11) is 0. The first-order valence-electron chi connectivity index (χ1n) is 6.35. The minimum absolute atomic E-state index is 0.0712. The number of non-ortho nitro benzene ring substituents is 1. The number of anilines is 1. The van der Waals surface area contributed by atoms with Crippen LogP contribution in [-0.4, -0.2) is 18.1 Å². The van der Waals surface area contributed by atoms with E-state index in [9.17, 15) is 10.1 Å². The molecule has 1 aromatic rings. The summed E-state index contributed by atoms with van der Waals surface area (Å²) in [5, 5.41) is 14.1. The number of nitro benzene ring substituents is 1. The van der Waals surface area contributed by atoms with Crippen molar-refractivity contribution in [2.75, 3.05) is 18.5 Å². The Bertz CT molecular complexity index is 430. The molecule has 2 rings (SSSR count). The Hall–Kier alpha value is -1.78. The van der Waals surface area contributed by atoms with Crippen LogP contribution in [0.5, 0.6) is 5.75 Å². The highest BCUT2D eigenvalue weighted by atomic mass is 16.6. The summed E-state index contributed by atoms with van der Waals surface area (Å²) in [4.78, 5) is 10.5. The van der Waals surface area contributed by atoms with Crippen LogP contribution in [0.2, 0.25) is 0 Å². The molecule has 1 saturated carbocycles. The topological polar surface area (TPSA) is 64.4 Å². The third-order valence-electron chi connectivity index (χ3n) is 2.87. The fraction of sp³-hybridized carbons (Fsp3) is 0.538. The van der Waals surface area contributed by atoms with Gasteiger partial charge in [0.15, 0.2) is 0 Å². The highest BCUT2D eigenvalue weighted by Crippen LogP contribution is 2.31. The molecule has 0 aliphatic heterocycles. The fourth-order valence-corrected chi connectivity index (χ4v) is 1.68. The molecule has 1 aliphatic carbocycles. The van der Waals surface area contributed by atoms with Crippen LogP contribution >= 0.6 is 0 Å². The minimum Gasteiger partial charge on any atom is -0.493 e. The van der Waals surface area contributed by atoms with Crippen LogP contribution < -0.4 is 10.1 Å². The number of hydrogen-bond acceptors (Lipinski definition) is 4. The molecule has 5 nitrogen and oxygen atoms in total. The molecule has 5 heteroatoms. The smallest absolute Gasteiger partial charge is 0.275 e. The van der Waals surface area contributed by atoms with E-state index in [0.29, 0.717) is 12.4 Å². The van der Waals surface area contributed by atoms with Gasteiger partial charge in [0.05, 0.1) is 17.6 Å². The zero-order valence-electron chi connectivity index (χ0n) is 10.5. The Morgan fingerprint density at radius 1 is 1.44 bits per heavy atom. The maximum Gasteiger partial charge on any atom is 0.275 e. The molecule has 1 aliphatic rings. The maximum absolute atomic E-state index is 10.9. The van der Waals surface area contributed by atoms with E-state index >= 15 is 0 Å². The van der Waals surface area contributed by atoms with E-state index < -0.39 is 0 Å². The molecule has 0 radical (unpaired) electrons. The van der Waals surface area contributed by atoms with E-state index in [0.717, 1.165) is 24.6 Å². The van der Waals surface area contributed by atoms with Gasteiger partial charge in [-0.2, -0.15) is 0 Å². The van der Waals surface area contributed by atoms with Gasteiger partial charge in [0, 0.05) is 24.4 Å². The molecule has 0 atom stereocenters. The predicted molar refractivity (Wildman–Crippen MR) is 70.1 cm³/mol. The second-order valence-corrected chi connectivity index (χ2v) is 4.65. The van der Waals surface area contributed by atoms with Crippen LogP contribution in [0.25, 0.3) is 0 Å². The Morgan fingerprint density at radius 2 is 2.22 bits per heavy atom. The Labute approximate surface area is 106 Å². The van der Waals surface area contributed by atoms with Crippen molar-refractivity contribution in [1.82, 2.24) is 0 Å². The standard InChI is InChI=1S/C13H18N2O3/c1-2-5-18-13-7-11(14-9-10-3-4-10)6-12(8-13)15(16)17/h6-8,10,14H,2-5,9H2,1H3. The summed E-state index contributed by atoms with van der Waals surface area (Å²) in [6, 6.07) is 4.85. The molecule has 98 valence electrons.